The average molecular weight is 406 g/mol. The van der Waals surface area contributed by atoms with E-state index in [1.165, 1.54) is 12.8 Å². The monoisotopic (exact) mass is 405 g/mol. The molecular formula is C21H31N3O3S. The van der Waals surface area contributed by atoms with Crippen LogP contribution in [-0.2, 0) is 10.0 Å². The first-order valence-electron chi connectivity index (χ1n) is 10.6. The van der Waals surface area contributed by atoms with Crippen molar-refractivity contribution in [3.63, 3.8) is 0 Å². The van der Waals surface area contributed by atoms with Crippen LogP contribution in [0.2, 0.25) is 0 Å². The van der Waals surface area contributed by atoms with Crippen molar-refractivity contribution < 1.29 is 13.2 Å². The van der Waals surface area contributed by atoms with Gasteiger partial charge in [-0.15, -0.1) is 0 Å². The van der Waals surface area contributed by atoms with Crippen LogP contribution in [0.5, 0.6) is 0 Å². The number of likely N-dealkylation sites (tertiary alicyclic amines) is 1. The minimum absolute atomic E-state index is 0.155. The van der Waals surface area contributed by atoms with Crippen LogP contribution in [0.15, 0.2) is 23.1 Å². The number of hydrogen-bond acceptors (Lipinski definition) is 4. The third-order valence-corrected chi connectivity index (χ3v) is 8.23. The van der Waals surface area contributed by atoms with E-state index in [-0.39, 0.29) is 16.8 Å². The van der Waals surface area contributed by atoms with Crippen molar-refractivity contribution in [3.8, 4) is 0 Å². The lowest BCUT2D eigenvalue weighted by Crippen LogP contribution is -2.45. The highest BCUT2D eigenvalue weighted by atomic mass is 32.2. The molecule has 2 heterocycles. The van der Waals surface area contributed by atoms with Gasteiger partial charge in [-0.3, -0.25) is 4.79 Å². The molecule has 1 N–H and O–H groups in total. The van der Waals surface area contributed by atoms with Gasteiger partial charge in [-0.05, 0) is 63.1 Å². The van der Waals surface area contributed by atoms with Gasteiger partial charge in [0.25, 0.3) is 5.91 Å². The molecular weight excluding hydrogens is 374 g/mol. The zero-order valence-corrected chi connectivity index (χ0v) is 17.5. The first-order valence-corrected chi connectivity index (χ1v) is 12.0. The maximum absolute atomic E-state index is 13.0. The first-order chi connectivity index (χ1) is 13.4. The Morgan fingerprint density at radius 3 is 2.32 bits per heavy atom. The van der Waals surface area contributed by atoms with Crippen LogP contribution in [0.4, 0.5) is 0 Å². The van der Waals surface area contributed by atoms with Crippen molar-refractivity contribution in [2.24, 2.45) is 0 Å². The molecule has 0 aromatic heterocycles. The molecule has 4 rings (SSSR count). The van der Waals surface area contributed by atoms with E-state index in [1.807, 2.05) is 6.92 Å². The van der Waals surface area contributed by atoms with Crippen molar-refractivity contribution >= 4 is 15.9 Å². The van der Waals surface area contributed by atoms with E-state index in [4.69, 9.17) is 0 Å². The Labute approximate surface area is 168 Å². The topological polar surface area (TPSA) is 69.7 Å². The summed E-state index contributed by atoms with van der Waals surface area (Å²) in [4.78, 5) is 15.6. The van der Waals surface area contributed by atoms with Crippen LogP contribution in [0.1, 0.15) is 60.9 Å². The lowest BCUT2D eigenvalue weighted by Gasteiger charge is -2.32. The summed E-state index contributed by atoms with van der Waals surface area (Å²) in [5.41, 5.74) is 1.29. The van der Waals surface area contributed by atoms with Gasteiger partial charge < -0.3 is 10.2 Å². The van der Waals surface area contributed by atoms with Crippen molar-refractivity contribution in [2.45, 2.75) is 68.8 Å². The van der Waals surface area contributed by atoms with E-state index in [1.54, 1.807) is 22.5 Å². The van der Waals surface area contributed by atoms with E-state index < -0.39 is 10.0 Å². The number of piperidine rings is 2. The normalized spacial score (nSPS) is 22.9. The number of carbonyl (C=O) groups excluding carboxylic acids is 1. The molecule has 0 spiro atoms. The smallest absolute Gasteiger partial charge is 0.251 e. The zero-order valence-electron chi connectivity index (χ0n) is 16.7. The first kappa shape index (κ1) is 19.9. The summed E-state index contributed by atoms with van der Waals surface area (Å²) in [6, 6.07) is 5.89. The Hall–Kier alpha value is -1.44. The molecule has 0 radical (unpaired) electrons. The lowest BCUT2D eigenvalue weighted by atomic mass is 10.0. The van der Waals surface area contributed by atoms with Crippen LogP contribution < -0.4 is 5.32 Å². The van der Waals surface area contributed by atoms with E-state index >= 15 is 0 Å². The molecule has 6 nitrogen and oxygen atoms in total. The number of sulfonamides is 1. The van der Waals surface area contributed by atoms with Gasteiger partial charge >= 0.3 is 0 Å². The van der Waals surface area contributed by atoms with Crippen LogP contribution in [0.25, 0.3) is 0 Å². The molecule has 1 saturated carbocycles. The molecule has 2 aliphatic heterocycles. The quantitative estimate of drug-likeness (QED) is 0.817. The molecule has 0 atom stereocenters. The van der Waals surface area contributed by atoms with Crippen LogP contribution in [-0.4, -0.2) is 61.8 Å². The second kappa shape index (κ2) is 8.13. The summed E-state index contributed by atoms with van der Waals surface area (Å²) in [6.45, 7) is 5.08. The standard InChI is InChI=1S/C21H31N3O3S/c1-16-5-8-19(28(26,27)24-11-3-2-4-12-24)15-20(16)21(25)22-17-9-13-23(14-10-17)18-6-7-18/h5,8,15,17-18H,2-4,6-7,9-14H2,1H3,(H,22,25). The zero-order chi connectivity index (χ0) is 19.7. The molecule has 1 aliphatic carbocycles. The molecule has 3 aliphatic rings. The van der Waals surface area contributed by atoms with E-state index in [9.17, 15) is 13.2 Å². The van der Waals surface area contributed by atoms with E-state index in [2.05, 4.69) is 10.2 Å². The van der Waals surface area contributed by atoms with Crippen LogP contribution >= 0.6 is 0 Å². The number of carbonyl (C=O) groups is 1. The largest absolute Gasteiger partial charge is 0.349 e. The van der Waals surface area contributed by atoms with Crippen LogP contribution in [0.3, 0.4) is 0 Å². The highest BCUT2D eigenvalue weighted by molar-refractivity contribution is 7.89. The third-order valence-electron chi connectivity index (χ3n) is 6.33. The fourth-order valence-electron chi connectivity index (χ4n) is 4.37. The minimum Gasteiger partial charge on any atom is -0.349 e. The molecule has 28 heavy (non-hydrogen) atoms. The van der Waals surface area contributed by atoms with Crippen molar-refractivity contribution in [1.82, 2.24) is 14.5 Å². The average Bonchev–Trinajstić information content (AvgIpc) is 3.55. The highest BCUT2D eigenvalue weighted by Crippen LogP contribution is 2.29. The van der Waals surface area contributed by atoms with Crippen molar-refractivity contribution in [2.75, 3.05) is 26.2 Å². The fraction of sp³-hybridized carbons (Fsp3) is 0.667. The molecule has 154 valence electrons. The van der Waals surface area contributed by atoms with Gasteiger partial charge in [0.05, 0.1) is 4.90 Å². The Balaban J connectivity index is 1.45. The maximum atomic E-state index is 13.0. The van der Waals surface area contributed by atoms with Gasteiger partial charge in [0.15, 0.2) is 0 Å². The second-order valence-corrected chi connectivity index (χ2v) is 10.4. The minimum atomic E-state index is -3.53. The number of amides is 1. The number of nitrogens with one attached hydrogen (secondary N) is 1. The molecule has 3 fully saturated rings. The Kier molecular flexibility index (Phi) is 5.76. The highest BCUT2D eigenvalue weighted by Gasteiger charge is 2.32. The predicted octanol–water partition coefficient (Wildman–Crippen LogP) is 2.53. The molecule has 1 aromatic rings. The van der Waals surface area contributed by atoms with E-state index in [0.717, 1.165) is 56.8 Å². The van der Waals surface area contributed by atoms with Gasteiger partial charge in [-0.25, -0.2) is 8.42 Å². The lowest BCUT2D eigenvalue weighted by molar-refractivity contribution is 0.0908. The number of hydrogen-bond donors (Lipinski definition) is 1. The van der Waals surface area contributed by atoms with Gasteiger partial charge in [0.1, 0.15) is 0 Å². The molecule has 1 amide bonds. The molecule has 7 heteroatoms. The molecule has 0 unspecified atom stereocenters. The fourth-order valence-corrected chi connectivity index (χ4v) is 5.92. The molecule has 1 aromatic carbocycles. The summed E-state index contributed by atoms with van der Waals surface area (Å²) in [5, 5.41) is 3.14. The van der Waals surface area contributed by atoms with Gasteiger partial charge in [0.2, 0.25) is 10.0 Å². The van der Waals surface area contributed by atoms with Crippen LogP contribution in [0, 0.1) is 6.92 Å². The van der Waals surface area contributed by atoms with Gasteiger partial charge in [0, 0.05) is 43.8 Å². The van der Waals surface area contributed by atoms with Crippen molar-refractivity contribution in [1.29, 1.82) is 0 Å². The number of aryl methyl sites for hydroxylation is 1. The second-order valence-electron chi connectivity index (χ2n) is 8.46. The summed E-state index contributed by atoms with van der Waals surface area (Å²) < 4.78 is 27.5. The number of benzene rings is 1. The number of rotatable bonds is 5. The van der Waals surface area contributed by atoms with Gasteiger partial charge in [-0.2, -0.15) is 4.31 Å². The Bertz CT molecular complexity index is 821. The summed E-state index contributed by atoms with van der Waals surface area (Å²) in [5.74, 6) is -0.155. The summed E-state index contributed by atoms with van der Waals surface area (Å²) in [7, 11) is -3.53. The molecule has 0 bridgehead atoms. The van der Waals surface area contributed by atoms with Crippen molar-refractivity contribution in [3.05, 3.63) is 29.3 Å². The Morgan fingerprint density at radius 1 is 1.00 bits per heavy atom. The Morgan fingerprint density at radius 2 is 1.68 bits per heavy atom. The molecule has 2 saturated heterocycles. The SMILES string of the molecule is Cc1ccc(S(=O)(=O)N2CCCCC2)cc1C(=O)NC1CCN(C2CC2)CC1. The number of nitrogens with zero attached hydrogens (tertiary/aromatic N) is 2. The van der Waals surface area contributed by atoms with E-state index in [0.29, 0.717) is 18.7 Å². The van der Waals surface area contributed by atoms with Gasteiger partial charge in [-0.1, -0.05) is 12.5 Å². The summed E-state index contributed by atoms with van der Waals surface area (Å²) >= 11 is 0. The third kappa shape index (κ3) is 4.26. The summed E-state index contributed by atoms with van der Waals surface area (Å²) in [6.07, 6.45) is 7.44. The predicted molar refractivity (Wildman–Crippen MR) is 109 cm³/mol. The maximum Gasteiger partial charge on any atom is 0.251 e.